The molecular formula is C23H25ClN4O3S. The highest BCUT2D eigenvalue weighted by Gasteiger charge is 2.39. The van der Waals surface area contributed by atoms with Crippen LogP contribution >= 0.6 is 23.4 Å². The molecule has 0 aliphatic carbocycles. The van der Waals surface area contributed by atoms with Gasteiger partial charge in [-0.25, -0.2) is 0 Å². The van der Waals surface area contributed by atoms with Crippen molar-refractivity contribution in [2.45, 2.75) is 44.8 Å². The quantitative estimate of drug-likeness (QED) is 0.696. The van der Waals surface area contributed by atoms with E-state index in [1.807, 2.05) is 37.8 Å². The Kier molecular flexibility index (Phi) is 6.20. The predicted molar refractivity (Wildman–Crippen MR) is 126 cm³/mol. The summed E-state index contributed by atoms with van der Waals surface area (Å²) in [6.45, 7) is 6.45. The summed E-state index contributed by atoms with van der Waals surface area (Å²) in [4.78, 5) is 28.6. The Morgan fingerprint density at radius 2 is 2.06 bits per heavy atom. The first-order valence-corrected chi connectivity index (χ1v) is 11.6. The largest absolute Gasteiger partial charge is 0.359 e. The lowest BCUT2D eigenvalue weighted by Gasteiger charge is -2.38. The first-order valence-electron chi connectivity index (χ1n) is 10.3. The third kappa shape index (κ3) is 4.77. The number of aromatic nitrogens is 1. The average Bonchev–Trinajstić information content (AvgIpc) is 3.21. The van der Waals surface area contributed by atoms with Crippen LogP contribution in [-0.4, -0.2) is 39.6 Å². The highest BCUT2D eigenvalue weighted by Crippen LogP contribution is 2.36. The Labute approximate surface area is 196 Å². The van der Waals surface area contributed by atoms with Crippen LogP contribution in [0.4, 0.5) is 5.82 Å². The third-order valence-corrected chi connectivity index (χ3v) is 6.75. The molecule has 168 valence electrons. The van der Waals surface area contributed by atoms with Gasteiger partial charge in [-0.2, -0.15) is 0 Å². The third-order valence-electron chi connectivity index (χ3n) is 5.30. The zero-order valence-corrected chi connectivity index (χ0v) is 19.7. The Morgan fingerprint density at radius 1 is 1.34 bits per heavy atom. The van der Waals surface area contributed by atoms with Crippen molar-refractivity contribution in [2.24, 2.45) is 5.73 Å². The standard InChI is InChI=1S/C23H25ClN4O3S/c1-23(2,3)18-9-19(27-31-18)26-22(30)14-8-17-20(21(29)16(25)12-32-17)28(11-14)10-13-4-6-15(24)7-5-13/h4-9,11,16,20H,10,12,25H2,1-3H3,(H,26,27,30)/t16-,20?/m0/s1. The number of Topliss-reactive ketones (excluding diaryl/α,β-unsaturated/α-hetero) is 1. The number of anilines is 1. The summed E-state index contributed by atoms with van der Waals surface area (Å²) < 4.78 is 5.36. The Morgan fingerprint density at radius 3 is 2.72 bits per heavy atom. The fourth-order valence-electron chi connectivity index (χ4n) is 3.52. The number of amides is 1. The summed E-state index contributed by atoms with van der Waals surface area (Å²) in [5, 5.41) is 7.39. The molecule has 2 atom stereocenters. The van der Waals surface area contributed by atoms with Gasteiger partial charge in [0, 0.05) is 39.9 Å². The minimum atomic E-state index is -0.537. The molecule has 32 heavy (non-hydrogen) atoms. The molecule has 2 aliphatic rings. The molecule has 0 bridgehead atoms. The van der Waals surface area contributed by atoms with E-state index >= 15 is 0 Å². The first-order chi connectivity index (χ1) is 15.1. The SMILES string of the molecule is CC(C)(C)c1cc(NC(=O)C2=CN(Cc3ccc(Cl)cc3)C3C(=O)[C@@H](N)CSC3=C2)no1. The number of nitrogens with zero attached hydrogens (tertiary/aromatic N) is 2. The fourth-order valence-corrected chi connectivity index (χ4v) is 4.80. The van der Waals surface area contributed by atoms with E-state index in [4.69, 9.17) is 21.9 Å². The van der Waals surface area contributed by atoms with Crippen molar-refractivity contribution in [3.63, 3.8) is 0 Å². The molecular weight excluding hydrogens is 448 g/mol. The molecule has 1 fully saturated rings. The summed E-state index contributed by atoms with van der Waals surface area (Å²) in [6, 6.07) is 8.08. The number of carbonyl (C=O) groups excluding carboxylic acids is 2. The lowest BCUT2D eigenvalue weighted by molar-refractivity contribution is -0.123. The summed E-state index contributed by atoms with van der Waals surface area (Å²) >= 11 is 7.51. The van der Waals surface area contributed by atoms with E-state index in [1.54, 1.807) is 30.5 Å². The van der Waals surface area contributed by atoms with Crippen molar-refractivity contribution in [1.29, 1.82) is 0 Å². The van der Waals surface area contributed by atoms with Crippen LogP contribution in [-0.2, 0) is 21.5 Å². The van der Waals surface area contributed by atoms with Crippen molar-refractivity contribution in [3.8, 4) is 0 Å². The lowest BCUT2D eigenvalue weighted by atomic mass is 9.93. The van der Waals surface area contributed by atoms with E-state index in [1.165, 1.54) is 11.8 Å². The highest BCUT2D eigenvalue weighted by atomic mass is 35.5. The molecule has 2 aliphatic heterocycles. The van der Waals surface area contributed by atoms with Gasteiger partial charge in [-0.05, 0) is 23.8 Å². The van der Waals surface area contributed by atoms with Crippen LogP contribution in [0.1, 0.15) is 32.1 Å². The number of benzene rings is 1. The topological polar surface area (TPSA) is 101 Å². The van der Waals surface area contributed by atoms with Gasteiger partial charge in [-0.1, -0.05) is 49.7 Å². The molecule has 1 saturated heterocycles. The van der Waals surface area contributed by atoms with Crippen molar-refractivity contribution < 1.29 is 14.1 Å². The van der Waals surface area contributed by atoms with Crippen molar-refractivity contribution in [1.82, 2.24) is 10.1 Å². The number of hydrogen-bond acceptors (Lipinski definition) is 7. The number of nitrogens with two attached hydrogens (primary N) is 1. The molecule has 0 spiro atoms. The zero-order valence-electron chi connectivity index (χ0n) is 18.1. The van der Waals surface area contributed by atoms with Gasteiger partial charge in [-0.15, -0.1) is 11.8 Å². The van der Waals surface area contributed by atoms with Gasteiger partial charge < -0.3 is 20.5 Å². The van der Waals surface area contributed by atoms with Crippen LogP contribution in [0, 0.1) is 0 Å². The number of halogens is 1. The van der Waals surface area contributed by atoms with Crippen LogP contribution in [0.3, 0.4) is 0 Å². The van der Waals surface area contributed by atoms with Gasteiger partial charge in [0.05, 0.1) is 11.6 Å². The number of nitrogens with one attached hydrogen (secondary N) is 1. The van der Waals surface area contributed by atoms with Crippen LogP contribution < -0.4 is 11.1 Å². The molecule has 1 unspecified atom stereocenters. The number of rotatable bonds is 4. The van der Waals surface area contributed by atoms with Crippen LogP contribution in [0.5, 0.6) is 0 Å². The van der Waals surface area contributed by atoms with E-state index in [-0.39, 0.29) is 17.1 Å². The minimum Gasteiger partial charge on any atom is -0.359 e. The maximum absolute atomic E-state index is 13.0. The van der Waals surface area contributed by atoms with E-state index in [0.29, 0.717) is 34.5 Å². The molecule has 1 aromatic carbocycles. The van der Waals surface area contributed by atoms with Gasteiger partial charge in [0.25, 0.3) is 5.91 Å². The van der Waals surface area contributed by atoms with Crippen molar-refractivity contribution in [3.05, 3.63) is 69.4 Å². The number of hydrogen-bond donors (Lipinski definition) is 2. The molecule has 2 aromatic rings. The summed E-state index contributed by atoms with van der Waals surface area (Å²) in [7, 11) is 0. The zero-order chi connectivity index (χ0) is 23.0. The maximum Gasteiger partial charge on any atom is 0.258 e. The maximum atomic E-state index is 13.0. The molecule has 0 saturated carbocycles. The summed E-state index contributed by atoms with van der Waals surface area (Å²) in [5.74, 6) is 1.14. The molecule has 4 rings (SSSR count). The molecule has 7 nitrogen and oxygen atoms in total. The summed E-state index contributed by atoms with van der Waals surface area (Å²) in [6.07, 6.45) is 3.47. The van der Waals surface area contributed by atoms with Crippen molar-refractivity contribution in [2.75, 3.05) is 11.1 Å². The van der Waals surface area contributed by atoms with Crippen LogP contribution in [0.15, 0.2) is 57.6 Å². The van der Waals surface area contributed by atoms with Gasteiger partial charge in [0.1, 0.15) is 11.8 Å². The average molecular weight is 473 g/mol. The normalized spacial score (nSPS) is 21.0. The second-order valence-corrected chi connectivity index (χ2v) is 10.5. The Bertz CT molecular complexity index is 1100. The Hall–Kier alpha value is -2.55. The smallest absolute Gasteiger partial charge is 0.258 e. The molecule has 9 heteroatoms. The van der Waals surface area contributed by atoms with Gasteiger partial charge in [-0.3, -0.25) is 9.59 Å². The van der Waals surface area contributed by atoms with Crippen LogP contribution in [0.25, 0.3) is 0 Å². The van der Waals surface area contributed by atoms with Crippen molar-refractivity contribution >= 4 is 40.9 Å². The minimum absolute atomic E-state index is 0.0500. The molecule has 3 heterocycles. The van der Waals surface area contributed by atoms with E-state index in [0.717, 1.165) is 10.5 Å². The van der Waals surface area contributed by atoms with Gasteiger partial charge in [0.15, 0.2) is 11.6 Å². The molecule has 3 N–H and O–H groups in total. The molecule has 1 aromatic heterocycles. The number of thioether (sulfide) groups is 1. The van der Waals surface area contributed by atoms with E-state index in [2.05, 4.69) is 10.5 Å². The predicted octanol–water partition coefficient (Wildman–Crippen LogP) is 3.86. The lowest BCUT2D eigenvalue weighted by Crippen LogP contribution is -2.52. The van der Waals surface area contributed by atoms with Gasteiger partial charge >= 0.3 is 0 Å². The first kappa shape index (κ1) is 22.6. The van der Waals surface area contributed by atoms with Crippen LogP contribution in [0.2, 0.25) is 5.02 Å². The molecule has 1 amide bonds. The number of ketones is 1. The highest BCUT2D eigenvalue weighted by molar-refractivity contribution is 8.03. The number of fused-ring (bicyclic) bond motifs is 1. The summed E-state index contributed by atoms with van der Waals surface area (Å²) in [5.41, 5.74) is 7.21. The number of carbonyl (C=O) groups is 2. The molecule has 0 radical (unpaired) electrons. The Balaban J connectivity index is 1.60. The second-order valence-electron chi connectivity index (χ2n) is 8.93. The second kappa shape index (κ2) is 8.77. The van der Waals surface area contributed by atoms with E-state index < -0.39 is 12.1 Å². The monoisotopic (exact) mass is 472 g/mol. The van der Waals surface area contributed by atoms with Gasteiger partial charge in [0.2, 0.25) is 0 Å². The fraction of sp³-hybridized carbons (Fsp3) is 0.348. The van der Waals surface area contributed by atoms with E-state index in [9.17, 15) is 9.59 Å².